The van der Waals surface area contributed by atoms with E-state index in [1.165, 1.54) is 19.3 Å². The van der Waals surface area contributed by atoms with Crippen molar-refractivity contribution in [3.8, 4) is 17.3 Å². The molecule has 24 heavy (non-hydrogen) atoms. The highest BCUT2D eigenvalue weighted by atomic mass is 16.5. The molecule has 4 N–H and O–H groups in total. The number of nitrogens with zero attached hydrogens (tertiary/aromatic N) is 3. The van der Waals surface area contributed by atoms with Gasteiger partial charge in [0.15, 0.2) is 0 Å². The normalized spacial score (nSPS) is 10.5. The van der Waals surface area contributed by atoms with Crippen LogP contribution in [0.5, 0.6) is 0 Å². The van der Waals surface area contributed by atoms with E-state index in [4.69, 9.17) is 16.2 Å². The van der Waals surface area contributed by atoms with Gasteiger partial charge in [0, 0.05) is 12.2 Å². The van der Waals surface area contributed by atoms with E-state index in [1.54, 1.807) is 0 Å². The minimum atomic E-state index is 0.0565. The molecule has 0 aliphatic carbocycles. The van der Waals surface area contributed by atoms with Gasteiger partial charge < -0.3 is 16.2 Å². The van der Waals surface area contributed by atoms with Gasteiger partial charge in [-0.25, -0.2) is 4.98 Å². The molecular formula is C18H23N5O. The SMILES string of the molecule is CCCCCCOCc1ccc(-c2nc(N)nc(N)c2C#N)cc1. The number of rotatable bonds is 8. The zero-order valence-corrected chi connectivity index (χ0v) is 14.0. The summed E-state index contributed by atoms with van der Waals surface area (Å²) in [6.45, 7) is 3.55. The number of aromatic nitrogens is 2. The van der Waals surface area contributed by atoms with Crippen molar-refractivity contribution >= 4 is 11.8 Å². The van der Waals surface area contributed by atoms with Crippen molar-refractivity contribution in [3.63, 3.8) is 0 Å². The molecule has 2 rings (SSSR count). The largest absolute Gasteiger partial charge is 0.382 e. The van der Waals surface area contributed by atoms with Gasteiger partial charge >= 0.3 is 0 Å². The van der Waals surface area contributed by atoms with Gasteiger partial charge in [0.05, 0.1) is 12.3 Å². The van der Waals surface area contributed by atoms with E-state index in [-0.39, 0.29) is 17.3 Å². The summed E-state index contributed by atoms with van der Waals surface area (Å²) in [4.78, 5) is 7.96. The second-order valence-corrected chi connectivity index (χ2v) is 5.61. The number of nitrogens with two attached hydrogens (primary N) is 2. The maximum atomic E-state index is 9.24. The van der Waals surface area contributed by atoms with Crippen molar-refractivity contribution < 1.29 is 4.74 Å². The third-order valence-corrected chi connectivity index (χ3v) is 3.70. The molecule has 0 bridgehead atoms. The van der Waals surface area contributed by atoms with Crippen molar-refractivity contribution in [2.24, 2.45) is 0 Å². The zero-order chi connectivity index (χ0) is 17.4. The molecule has 0 spiro atoms. The van der Waals surface area contributed by atoms with Gasteiger partial charge in [-0.3, -0.25) is 0 Å². The van der Waals surface area contributed by atoms with Crippen molar-refractivity contribution in [3.05, 3.63) is 35.4 Å². The number of ether oxygens (including phenoxy) is 1. The Bertz CT molecular complexity index is 707. The van der Waals surface area contributed by atoms with Gasteiger partial charge in [0.25, 0.3) is 0 Å². The predicted molar refractivity (Wildman–Crippen MR) is 94.8 cm³/mol. The van der Waals surface area contributed by atoms with Crippen LogP contribution in [0.3, 0.4) is 0 Å². The van der Waals surface area contributed by atoms with Gasteiger partial charge in [-0.2, -0.15) is 10.2 Å². The fraction of sp³-hybridized carbons (Fsp3) is 0.389. The maximum Gasteiger partial charge on any atom is 0.222 e. The Morgan fingerprint density at radius 3 is 2.50 bits per heavy atom. The van der Waals surface area contributed by atoms with Gasteiger partial charge in [-0.1, -0.05) is 50.5 Å². The molecule has 0 radical (unpaired) electrons. The van der Waals surface area contributed by atoms with Crippen molar-refractivity contribution in [2.45, 2.75) is 39.2 Å². The first kappa shape index (κ1) is 17.7. The highest BCUT2D eigenvalue weighted by Gasteiger charge is 2.12. The van der Waals surface area contributed by atoms with Crippen LogP contribution in [0.4, 0.5) is 11.8 Å². The van der Waals surface area contributed by atoms with Crippen molar-refractivity contribution in [1.82, 2.24) is 9.97 Å². The molecule has 2 aromatic rings. The molecule has 0 amide bonds. The smallest absolute Gasteiger partial charge is 0.222 e. The molecule has 6 heteroatoms. The van der Waals surface area contributed by atoms with Gasteiger partial charge in [0.2, 0.25) is 5.95 Å². The summed E-state index contributed by atoms with van der Waals surface area (Å²) in [7, 11) is 0. The highest BCUT2D eigenvalue weighted by molar-refractivity contribution is 5.73. The van der Waals surface area contributed by atoms with E-state index in [9.17, 15) is 5.26 Å². The van der Waals surface area contributed by atoms with Crippen LogP contribution in [-0.4, -0.2) is 16.6 Å². The number of benzene rings is 1. The van der Waals surface area contributed by atoms with Crippen LogP contribution >= 0.6 is 0 Å². The van der Waals surface area contributed by atoms with E-state index >= 15 is 0 Å². The molecule has 0 saturated carbocycles. The molecule has 1 aromatic carbocycles. The van der Waals surface area contributed by atoms with Crippen LogP contribution in [-0.2, 0) is 11.3 Å². The van der Waals surface area contributed by atoms with E-state index in [0.717, 1.165) is 24.2 Å². The monoisotopic (exact) mass is 325 g/mol. The fourth-order valence-electron chi connectivity index (χ4n) is 2.39. The van der Waals surface area contributed by atoms with Crippen LogP contribution in [0.2, 0.25) is 0 Å². The van der Waals surface area contributed by atoms with E-state index in [1.807, 2.05) is 30.3 Å². The lowest BCUT2D eigenvalue weighted by molar-refractivity contribution is 0.117. The zero-order valence-electron chi connectivity index (χ0n) is 14.0. The Kier molecular flexibility index (Phi) is 6.52. The summed E-state index contributed by atoms with van der Waals surface area (Å²) >= 11 is 0. The third-order valence-electron chi connectivity index (χ3n) is 3.70. The Hall–Kier alpha value is -2.65. The summed E-state index contributed by atoms with van der Waals surface area (Å²) < 4.78 is 5.68. The molecule has 6 nitrogen and oxygen atoms in total. The Balaban J connectivity index is 2.01. The number of unbranched alkanes of at least 4 members (excludes halogenated alkanes) is 3. The Morgan fingerprint density at radius 1 is 1.08 bits per heavy atom. The second kappa shape index (κ2) is 8.85. The van der Waals surface area contributed by atoms with Crippen LogP contribution in [0.1, 0.15) is 43.7 Å². The molecule has 1 heterocycles. The molecule has 0 unspecified atom stereocenters. The molecule has 0 saturated heterocycles. The Labute approximate surface area is 142 Å². The van der Waals surface area contributed by atoms with E-state index in [0.29, 0.717) is 12.3 Å². The van der Waals surface area contributed by atoms with E-state index in [2.05, 4.69) is 16.9 Å². The molecule has 0 aliphatic rings. The van der Waals surface area contributed by atoms with Gasteiger partial charge in [-0.05, 0) is 12.0 Å². The third kappa shape index (κ3) is 4.67. The van der Waals surface area contributed by atoms with Gasteiger partial charge in [0.1, 0.15) is 17.5 Å². The molecule has 0 aliphatic heterocycles. The van der Waals surface area contributed by atoms with Gasteiger partial charge in [-0.15, -0.1) is 0 Å². The van der Waals surface area contributed by atoms with Crippen LogP contribution in [0.25, 0.3) is 11.3 Å². The number of hydrogen-bond acceptors (Lipinski definition) is 6. The second-order valence-electron chi connectivity index (χ2n) is 5.61. The summed E-state index contributed by atoms with van der Waals surface area (Å²) in [6.07, 6.45) is 4.79. The molecule has 1 aromatic heterocycles. The minimum absolute atomic E-state index is 0.0565. The van der Waals surface area contributed by atoms with Crippen molar-refractivity contribution in [2.75, 3.05) is 18.1 Å². The number of nitriles is 1. The topological polar surface area (TPSA) is 111 Å². The molecule has 0 atom stereocenters. The number of anilines is 2. The number of nitrogen functional groups attached to an aromatic ring is 2. The Morgan fingerprint density at radius 2 is 1.83 bits per heavy atom. The predicted octanol–water partition coefficient (Wildman–Crippen LogP) is 3.28. The van der Waals surface area contributed by atoms with Crippen molar-refractivity contribution in [1.29, 1.82) is 5.26 Å². The summed E-state index contributed by atoms with van der Waals surface area (Å²) in [6, 6.07) is 9.72. The molecule has 0 fully saturated rings. The first-order chi connectivity index (χ1) is 11.7. The molecular weight excluding hydrogens is 302 g/mol. The average Bonchev–Trinajstić information content (AvgIpc) is 2.58. The van der Waals surface area contributed by atoms with Crippen LogP contribution in [0, 0.1) is 11.3 Å². The summed E-state index contributed by atoms with van der Waals surface area (Å²) in [5.74, 6) is 0.153. The summed E-state index contributed by atoms with van der Waals surface area (Å²) in [5, 5.41) is 9.24. The highest BCUT2D eigenvalue weighted by Crippen LogP contribution is 2.25. The maximum absolute atomic E-state index is 9.24. The minimum Gasteiger partial charge on any atom is -0.382 e. The quantitative estimate of drug-likeness (QED) is 0.720. The lowest BCUT2D eigenvalue weighted by atomic mass is 10.1. The number of hydrogen-bond donors (Lipinski definition) is 2. The average molecular weight is 325 g/mol. The first-order valence-corrected chi connectivity index (χ1v) is 8.15. The standard InChI is InChI=1S/C18H23N5O/c1-2-3-4-5-10-24-12-13-6-8-14(9-7-13)16-15(11-19)17(20)23-18(21)22-16/h6-9H,2-5,10,12H2,1H3,(H4,20,21,22,23). The van der Waals surface area contributed by atoms with Crippen LogP contribution < -0.4 is 11.5 Å². The summed E-state index contributed by atoms with van der Waals surface area (Å²) in [5.41, 5.74) is 13.9. The lowest BCUT2D eigenvalue weighted by Crippen LogP contribution is -2.05. The fourth-order valence-corrected chi connectivity index (χ4v) is 2.39. The van der Waals surface area contributed by atoms with Crippen LogP contribution in [0.15, 0.2) is 24.3 Å². The molecule has 126 valence electrons. The lowest BCUT2D eigenvalue weighted by Gasteiger charge is -2.08. The van der Waals surface area contributed by atoms with E-state index < -0.39 is 0 Å². The first-order valence-electron chi connectivity index (χ1n) is 8.15.